The highest BCUT2D eigenvalue weighted by atomic mass is 79.9. The molecule has 33 heavy (non-hydrogen) atoms. The number of benzene rings is 1. The molecule has 3 unspecified atom stereocenters. The predicted octanol–water partition coefficient (Wildman–Crippen LogP) is 3.23. The van der Waals surface area contributed by atoms with Gasteiger partial charge in [-0.05, 0) is 61.0 Å². The molecule has 0 spiro atoms. The monoisotopic (exact) mass is 534 g/mol. The minimum absolute atomic E-state index is 0.276. The molecule has 0 saturated carbocycles. The van der Waals surface area contributed by atoms with E-state index in [-0.39, 0.29) is 17.9 Å². The van der Waals surface area contributed by atoms with Crippen molar-refractivity contribution in [1.82, 2.24) is 20.9 Å². The number of aliphatic imine (C=N–C) groups is 1. The third-order valence-corrected chi connectivity index (χ3v) is 7.60. The number of hydrogen-bond donors (Lipinski definition) is 3. The number of rotatable bonds is 6. The highest BCUT2D eigenvalue weighted by Gasteiger charge is 2.52. The van der Waals surface area contributed by atoms with Crippen molar-refractivity contribution in [3.63, 3.8) is 0 Å². The maximum atomic E-state index is 13.0. The van der Waals surface area contributed by atoms with Crippen LogP contribution >= 0.6 is 27.3 Å². The molecule has 2 aromatic rings. The van der Waals surface area contributed by atoms with Gasteiger partial charge in [0.2, 0.25) is 5.79 Å². The van der Waals surface area contributed by atoms with Crippen molar-refractivity contribution in [2.24, 2.45) is 16.8 Å². The van der Waals surface area contributed by atoms with Gasteiger partial charge in [0.15, 0.2) is 0 Å². The van der Waals surface area contributed by atoms with Crippen molar-refractivity contribution in [3.8, 4) is 0 Å². The Labute approximate surface area is 204 Å². The molecule has 9 nitrogen and oxygen atoms in total. The van der Waals surface area contributed by atoms with Crippen LogP contribution < -0.4 is 20.9 Å². The van der Waals surface area contributed by atoms with E-state index in [1.807, 2.05) is 36.2 Å². The van der Waals surface area contributed by atoms with Crippen LogP contribution in [0.4, 0.5) is 10.5 Å². The second-order valence-corrected chi connectivity index (χ2v) is 9.50. The first kappa shape index (κ1) is 23.7. The Kier molecular flexibility index (Phi) is 7.30. The summed E-state index contributed by atoms with van der Waals surface area (Å²) >= 11 is 5.20. The smallest absolute Gasteiger partial charge is 0.318 e. The van der Waals surface area contributed by atoms with E-state index < -0.39 is 11.7 Å². The largest absolute Gasteiger partial charge is 0.466 e. The van der Waals surface area contributed by atoms with E-state index in [0.717, 1.165) is 20.4 Å². The summed E-state index contributed by atoms with van der Waals surface area (Å²) in [4.78, 5) is 37.0. The van der Waals surface area contributed by atoms with Gasteiger partial charge in [0.1, 0.15) is 0 Å². The molecule has 0 radical (unpaired) electrons. The lowest BCUT2D eigenvalue weighted by molar-refractivity contribution is -0.152. The van der Waals surface area contributed by atoms with Gasteiger partial charge in [-0.3, -0.25) is 10.1 Å². The molecule has 3 N–H and O–H groups in total. The summed E-state index contributed by atoms with van der Waals surface area (Å²) in [7, 11) is 0. The average Bonchev–Trinajstić information content (AvgIpc) is 3.29. The summed E-state index contributed by atoms with van der Waals surface area (Å²) in [6.45, 7) is 5.58. The summed E-state index contributed by atoms with van der Waals surface area (Å²) in [6.07, 6.45) is 5.93. The molecular weight excluding hydrogens is 508 g/mol. The van der Waals surface area contributed by atoms with Crippen LogP contribution in [0.5, 0.6) is 0 Å². The molecular formula is C22H27BrN6O3S. The number of allylic oxidation sites excluding steroid dienone is 1. The molecule has 1 fully saturated rings. The number of fused-ring (bicyclic) bond motifs is 1. The third kappa shape index (κ3) is 4.62. The number of carbonyl (C=O) groups excluding carboxylic acids is 2. The van der Waals surface area contributed by atoms with Gasteiger partial charge >= 0.3 is 12.0 Å². The zero-order valence-electron chi connectivity index (χ0n) is 18.5. The number of carbonyl (C=O) groups is 2. The maximum absolute atomic E-state index is 13.0. The highest BCUT2D eigenvalue weighted by molar-refractivity contribution is 9.10. The van der Waals surface area contributed by atoms with Crippen LogP contribution in [-0.4, -0.2) is 55.2 Å². The Balaban J connectivity index is 1.84. The molecule has 1 saturated heterocycles. The molecule has 11 heteroatoms. The number of halogens is 1. The summed E-state index contributed by atoms with van der Waals surface area (Å²) in [5, 5.41) is 9.26. The van der Waals surface area contributed by atoms with Crippen LogP contribution in [0.1, 0.15) is 20.3 Å². The number of ether oxygens (including phenoxy) is 1. The van der Waals surface area contributed by atoms with Crippen LogP contribution in [0.3, 0.4) is 0 Å². The first-order valence-corrected chi connectivity index (χ1v) is 12.6. The predicted molar refractivity (Wildman–Crippen MR) is 133 cm³/mol. The van der Waals surface area contributed by atoms with E-state index in [2.05, 4.69) is 36.9 Å². The molecule has 2 aliphatic rings. The van der Waals surface area contributed by atoms with Crippen LogP contribution in [0.25, 0.3) is 10.2 Å². The quantitative estimate of drug-likeness (QED) is 0.491. The van der Waals surface area contributed by atoms with Crippen molar-refractivity contribution >= 4 is 61.4 Å². The van der Waals surface area contributed by atoms with Gasteiger partial charge in [-0.15, -0.1) is 11.3 Å². The van der Waals surface area contributed by atoms with E-state index >= 15 is 0 Å². The molecule has 4 rings (SSSR count). The summed E-state index contributed by atoms with van der Waals surface area (Å²) in [5.41, 5.74) is 3.42. The lowest BCUT2D eigenvalue weighted by atomic mass is 9.80. The normalized spacial score (nSPS) is 24.6. The van der Waals surface area contributed by atoms with Gasteiger partial charge in [-0.25, -0.2) is 14.8 Å². The fourth-order valence-corrected chi connectivity index (χ4v) is 5.83. The summed E-state index contributed by atoms with van der Waals surface area (Å²) < 4.78 is 7.34. The van der Waals surface area contributed by atoms with Crippen molar-refractivity contribution in [1.29, 1.82) is 0 Å². The van der Waals surface area contributed by atoms with Crippen molar-refractivity contribution in [2.45, 2.75) is 26.1 Å². The number of esters is 1. The van der Waals surface area contributed by atoms with Crippen molar-refractivity contribution in [2.75, 3.05) is 31.1 Å². The van der Waals surface area contributed by atoms with Gasteiger partial charge in [0, 0.05) is 41.6 Å². The second-order valence-electron chi connectivity index (χ2n) is 7.79. The number of hydrogen-bond acceptors (Lipinski definition) is 8. The van der Waals surface area contributed by atoms with Crippen LogP contribution in [0, 0.1) is 11.8 Å². The number of nitrogens with one attached hydrogen (secondary N) is 3. The number of aromatic nitrogens is 1. The molecule has 2 aliphatic heterocycles. The summed E-state index contributed by atoms with van der Waals surface area (Å²) in [6, 6.07) is 3.58. The van der Waals surface area contributed by atoms with Gasteiger partial charge in [-0.2, -0.15) is 0 Å². The first-order valence-electron chi connectivity index (χ1n) is 11.0. The van der Waals surface area contributed by atoms with Crippen LogP contribution in [0.2, 0.25) is 0 Å². The summed E-state index contributed by atoms with van der Waals surface area (Å²) in [5.74, 6) is -2.35. The molecule has 1 aromatic heterocycles. The number of urea groups is 1. The molecule has 0 bridgehead atoms. The van der Waals surface area contributed by atoms with Crippen LogP contribution in [0.15, 0.2) is 39.4 Å². The molecule has 176 valence electrons. The third-order valence-electron chi connectivity index (χ3n) is 5.83. The highest BCUT2D eigenvalue weighted by Crippen LogP contribution is 2.41. The SMILES string of the molecule is CCNC(=O)NC1(C2CNCCC2C(=O)OCC)N=CC=CN1c1cc(Br)c2scnc2c1. The minimum atomic E-state index is -1.25. The van der Waals surface area contributed by atoms with Gasteiger partial charge in [-0.1, -0.05) is 0 Å². The zero-order valence-corrected chi connectivity index (χ0v) is 20.9. The maximum Gasteiger partial charge on any atom is 0.318 e. The van der Waals surface area contributed by atoms with Gasteiger partial charge < -0.3 is 20.3 Å². The Bertz CT molecular complexity index is 1090. The Morgan fingerprint density at radius 1 is 1.39 bits per heavy atom. The first-order chi connectivity index (χ1) is 16.0. The standard InChI is InChI=1S/C22H27BrN6O3S/c1-3-25-21(31)28-22(16-12-24-8-6-15(16)20(30)32-4-2)27-7-5-9-29(22)14-10-17(23)19-18(11-14)26-13-33-19/h5,7,9-11,13,15-16,24H,3-4,6,8,12H2,1-2H3,(H2,25,28,31). The number of nitrogens with zero attached hydrogens (tertiary/aromatic N) is 3. The van der Waals surface area contributed by atoms with Gasteiger partial charge in [0.25, 0.3) is 0 Å². The van der Waals surface area contributed by atoms with Gasteiger partial charge in [0.05, 0.1) is 28.3 Å². The lowest BCUT2D eigenvalue weighted by Gasteiger charge is -2.49. The fourth-order valence-electron chi connectivity index (χ4n) is 4.44. The molecule has 3 heterocycles. The molecule has 1 aromatic carbocycles. The van der Waals surface area contributed by atoms with Crippen molar-refractivity contribution in [3.05, 3.63) is 34.4 Å². The lowest BCUT2D eigenvalue weighted by Crippen LogP contribution is -2.69. The van der Waals surface area contributed by atoms with Crippen LogP contribution in [-0.2, 0) is 9.53 Å². The molecule has 3 atom stereocenters. The Hall–Kier alpha value is -2.50. The number of thiazole rings is 1. The van der Waals surface area contributed by atoms with E-state index in [4.69, 9.17) is 9.73 Å². The Morgan fingerprint density at radius 2 is 2.24 bits per heavy atom. The van der Waals surface area contributed by atoms with E-state index in [1.54, 1.807) is 30.0 Å². The number of anilines is 1. The van der Waals surface area contributed by atoms with E-state index in [1.165, 1.54) is 0 Å². The second kappa shape index (κ2) is 10.2. The van der Waals surface area contributed by atoms with E-state index in [9.17, 15) is 9.59 Å². The topological polar surface area (TPSA) is 108 Å². The Morgan fingerprint density at radius 3 is 3.03 bits per heavy atom. The van der Waals surface area contributed by atoms with E-state index in [0.29, 0.717) is 32.7 Å². The van der Waals surface area contributed by atoms with Crippen molar-refractivity contribution < 1.29 is 14.3 Å². The zero-order chi connectivity index (χ0) is 23.4. The molecule has 0 aliphatic carbocycles. The number of amides is 2. The fraction of sp³-hybridized carbons (Fsp3) is 0.455. The average molecular weight is 535 g/mol. The minimum Gasteiger partial charge on any atom is -0.466 e. The number of piperidine rings is 1. The molecule has 2 amide bonds.